The van der Waals surface area contributed by atoms with Crippen molar-refractivity contribution in [1.29, 1.82) is 0 Å². The van der Waals surface area contributed by atoms with E-state index < -0.39 is 4.92 Å². The summed E-state index contributed by atoms with van der Waals surface area (Å²) < 4.78 is 7.30. The number of ether oxygens (including phenoxy) is 1. The number of benzene rings is 2. The summed E-state index contributed by atoms with van der Waals surface area (Å²) in [4.78, 5) is 24.2. The fourth-order valence-corrected chi connectivity index (χ4v) is 3.79. The predicted molar refractivity (Wildman–Crippen MR) is 136 cm³/mol. The Morgan fingerprint density at radius 3 is 2.63 bits per heavy atom. The van der Waals surface area contributed by atoms with Crippen LogP contribution in [-0.4, -0.2) is 70.9 Å². The van der Waals surface area contributed by atoms with Crippen LogP contribution in [0.2, 0.25) is 0 Å². The van der Waals surface area contributed by atoms with Gasteiger partial charge in [-0.15, -0.1) is 0 Å². The fourth-order valence-electron chi connectivity index (χ4n) is 3.79. The van der Waals surface area contributed by atoms with Gasteiger partial charge in [0.15, 0.2) is 5.82 Å². The van der Waals surface area contributed by atoms with E-state index in [1.54, 1.807) is 23.0 Å². The van der Waals surface area contributed by atoms with Gasteiger partial charge >= 0.3 is 0 Å². The number of fused-ring (bicyclic) bond motifs is 1. The summed E-state index contributed by atoms with van der Waals surface area (Å²) in [5.74, 6) is 1.28. The normalized spacial score (nSPS) is 11.1. The summed E-state index contributed by atoms with van der Waals surface area (Å²) in [6.07, 6.45) is 1.61. The van der Waals surface area contributed by atoms with Gasteiger partial charge in [-0.3, -0.25) is 10.1 Å². The van der Waals surface area contributed by atoms with Crippen LogP contribution in [-0.2, 0) is 0 Å². The van der Waals surface area contributed by atoms with Crippen LogP contribution in [0.4, 0.5) is 23.0 Å². The SMILES string of the molecule is COc1cc(N(C)CCN(C)C)c([N+](=O)[O-])cc1Nc1nccc(-n2nc(C)c3ccccc32)n1. The molecule has 35 heavy (non-hydrogen) atoms. The summed E-state index contributed by atoms with van der Waals surface area (Å²) >= 11 is 0. The zero-order chi connectivity index (χ0) is 25.1. The van der Waals surface area contributed by atoms with Crippen molar-refractivity contribution in [2.45, 2.75) is 6.92 Å². The summed E-state index contributed by atoms with van der Waals surface area (Å²) in [5.41, 5.74) is 2.63. The molecule has 2 heterocycles. The van der Waals surface area contributed by atoms with Crippen molar-refractivity contribution in [3.8, 4) is 11.6 Å². The first kappa shape index (κ1) is 23.9. The number of rotatable bonds is 9. The molecule has 0 saturated heterocycles. The Balaban J connectivity index is 1.70. The van der Waals surface area contributed by atoms with Gasteiger partial charge < -0.3 is 19.9 Å². The smallest absolute Gasteiger partial charge is 0.294 e. The van der Waals surface area contributed by atoms with E-state index in [1.165, 1.54) is 13.2 Å². The minimum absolute atomic E-state index is 0.0422. The molecule has 0 aliphatic heterocycles. The summed E-state index contributed by atoms with van der Waals surface area (Å²) in [6, 6.07) is 12.8. The molecule has 4 rings (SSSR count). The van der Waals surface area contributed by atoms with E-state index in [4.69, 9.17) is 4.74 Å². The molecule has 1 N–H and O–H groups in total. The van der Waals surface area contributed by atoms with Gasteiger partial charge in [0, 0.05) is 49.9 Å². The highest BCUT2D eigenvalue weighted by molar-refractivity contribution is 5.83. The van der Waals surface area contributed by atoms with Crippen LogP contribution < -0.4 is 15.0 Å². The average Bonchev–Trinajstić information content (AvgIpc) is 3.19. The first-order chi connectivity index (χ1) is 16.8. The minimum atomic E-state index is -0.401. The number of nitrogens with one attached hydrogen (secondary N) is 1. The molecular formula is C24H28N8O3. The zero-order valence-corrected chi connectivity index (χ0v) is 20.4. The second-order valence-electron chi connectivity index (χ2n) is 8.40. The third-order valence-corrected chi connectivity index (χ3v) is 5.66. The molecule has 0 atom stereocenters. The van der Waals surface area contributed by atoms with Crippen molar-refractivity contribution < 1.29 is 9.66 Å². The van der Waals surface area contributed by atoms with Crippen LogP contribution in [0.5, 0.6) is 5.75 Å². The molecule has 0 unspecified atom stereocenters. The topological polar surface area (TPSA) is 114 Å². The van der Waals surface area contributed by atoms with Gasteiger partial charge in [0.25, 0.3) is 5.69 Å². The maximum absolute atomic E-state index is 11.9. The number of para-hydroxylation sites is 1. The largest absolute Gasteiger partial charge is 0.494 e. The Hall–Kier alpha value is -4.25. The lowest BCUT2D eigenvalue weighted by molar-refractivity contribution is -0.384. The molecule has 182 valence electrons. The zero-order valence-electron chi connectivity index (χ0n) is 20.4. The molecule has 0 fully saturated rings. The van der Waals surface area contributed by atoms with Gasteiger partial charge in [-0.1, -0.05) is 18.2 Å². The van der Waals surface area contributed by atoms with Crippen LogP contribution in [0.25, 0.3) is 16.7 Å². The predicted octanol–water partition coefficient (Wildman–Crippen LogP) is 3.78. The van der Waals surface area contributed by atoms with Crippen molar-refractivity contribution in [2.75, 3.05) is 51.6 Å². The lowest BCUT2D eigenvalue weighted by atomic mass is 10.2. The molecule has 0 amide bonds. The van der Waals surface area contributed by atoms with Crippen LogP contribution >= 0.6 is 0 Å². The molecule has 11 nitrogen and oxygen atoms in total. The molecule has 11 heteroatoms. The van der Waals surface area contributed by atoms with Gasteiger partial charge in [0.2, 0.25) is 5.95 Å². The van der Waals surface area contributed by atoms with E-state index in [-0.39, 0.29) is 11.6 Å². The van der Waals surface area contributed by atoms with Crippen molar-refractivity contribution >= 4 is 33.9 Å². The van der Waals surface area contributed by atoms with E-state index in [9.17, 15) is 10.1 Å². The monoisotopic (exact) mass is 476 g/mol. The van der Waals surface area contributed by atoms with Crippen LogP contribution in [0.15, 0.2) is 48.7 Å². The summed E-state index contributed by atoms with van der Waals surface area (Å²) in [5, 5.41) is 20.6. The second-order valence-corrected chi connectivity index (χ2v) is 8.40. The molecule has 0 saturated carbocycles. The second kappa shape index (κ2) is 9.94. The van der Waals surface area contributed by atoms with E-state index >= 15 is 0 Å². The molecule has 4 aromatic rings. The highest BCUT2D eigenvalue weighted by atomic mass is 16.6. The Morgan fingerprint density at radius 1 is 1.14 bits per heavy atom. The minimum Gasteiger partial charge on any atom is -0.494 e. The molecule has 0 aliphatic carbocycles. The fraction of sp³-hybridized carbons (Fsp3) is 0.292. The number of hydrogen-bond donors (Lipinski definition) is 1. The lowest BCUT2D eigenvalue weighted by Crippen LogP contribution is -2.28. The van der Waals surface area contributed by atoms with E-state index in [0.717, 1.165) is 23.1 Å². The number of likely N-dealkylation sites (N-methyl/N-ethyl adjacent to an activating group) is 2. The molecule has 0 bridgehead atoms. The number of anilines is 3. The first-order valence-corrected chi connectivity index (χ1v) is 11.1. The Morgan fingerprint density at radius 2 is 1.91 bits per heavy atom. The molecule has 0 radical (unpaired) electrons. The third-order valence-electron chi connectivity index (χ3n) is 5.66. The van der Waals surface area contributed by atoms with Gasteiger partial charge in [-0.2, -0.15) is 10.1 Å². The number of nitrogens with zero attached hydrogens (tertiary/aromatic N) is 7. The van der Waals surface area contributed by atoms with E-state index in [2.05, 4.69) is 20.4 Å². The number of nitro benzene ring substituents is 1. The number of aryl methyl sites for hydroxylation is 1. The number of nitro groups is 1. The molecule has 2 aromatic heterocycles. The van der Waals surface area contributed by atoms with E-state index in [0.29, 0.717) is 29.5 Å². The highest BCUT2D eigenvalue weighted by Crippen LogP contribution is 2.38. The summed E-state index contributed by atoms with van der Waals surface area (Å²) in [6.45, 7) is 3.31. The molecule has 0 aliphatic rings. The third kappa shape index (κ3) is 4.99. The molecular weight excluding hydrogens is 448 g/mol. The van der Waals surface area contributed by atoms with Gasteiger partial charge in [0.05, 0.1) is 28.9 Å². The Labute approximate surface area is 203 Å². The number of hydrogen-bond acceptors (Lipinski definition) is 9. The quantitative estimate of drug-likeness (QED) is 0.285. The average molecular weight is 477 g/mol. The van der Waals surface area contributed by atoms with Crippen molar-refractivity contribution in [1.82, 2.24) is 24.6 Å². The van der Waals surface area contributed by atoms with Gasteiger partial charge in [-0.05, 0) is 27.1 Å². The summed E-state index contributed by atoms with van der Waals surface area (Å²) in [7, 11) is 7.25. The van der Waals surface area contributed by atoms with Crippen LogP contribution in [0.3, 0.4) is 0 Å². The maximum Gasteiger partial charge on any atom is 0.294 e. The lowest BCUT2D eigenvalue weighted by Gasteiger charge is -2.22. The first-order valence-electron chi connectivity index (χ1n) is 11.1. The Kier molecular flexibility index (Phi) is 6.78. The number of aromatic nitrogens is 4. The van der Waals surface area contributed by atoms with Crippen LogP contribution in [0, 0.1) is 17.0 Å². The van der Waals surface area contributed by atoms with E-state index in [1.807, 2.05) is 62.1 Å². The molecule has 0 spiro atoms. The molecule has 2 aromatic carbocycles. The Bertz CT molecular complexity index is 1370. The van der Waals surface area contributed by atoms with Crippen LogP contribution in [0.1, 0.15) is 5.69 Å². The van der Waals surface area contributed by atoms with Crippen molar-refractivity contribution in [3.05, 3.63) is 64.5 Å². The maximum atomic E-state index is 11.9. The van der Waals surface area contributed by atoms with Crippen molar-refractivity contribution in [2.24, 2.45) is 0 Å². The van der Waals surface area contributed by atoms with Gasteiger partial charge in [0.1, 0.15) is 11.4 Å². The standard InChI is InChI=1S/C24H28N8O3/c1-16-17-8-6-7-9-19(17)31(28-16)23-10-11-25-24(27-23)26-18-14-21(32(33)34)20(15-22(18)35-5)30(4)13-12-29(2)3/h6-11,14-15H,12-13H2,1-5H3,(H,25,26,27). The number of methoxy groups -OCH3 is 1. The highest BCUT2D eigenvalue weighted by Gasteiger charge is 2.22. The van der Waals surface area contributed by atoms with Gasteiger partial charge in [-0.25, -0.2) is 9.67 Å². The van der Waals surface area contributed by atoms with Crippen molar-refractivity contribution in [3.63, 3.8) is 0 Å².